The lowest BCUT2D eigenvalue weighted by Gasteiger charge is -2.26. The molecular weight excluding hydrogens is 324 g/mol. The molecule has 1 saturated heterocycles. The number of hydrogen-bond donors (Lipinski definition) is 1. The second kappa shape index (κ2) is 8.04. The molecule has 9 heteroatoms. The first-order chi connectivity index (χ1) is 12.2. The summed E-state index contributed by atoms with van der Waals surface area (Å²) in [7, 11) is 3.35. The van der Waals surface area contributed by atoms with E-state index in [0.717, 1.165) is 24.5 Å². The van der Waals surface area contributed by atoms with Crippen molar-refractivity contribution in [3.05, 3.63) is 35.4 Å². The van der Waals surface area contributed by atoms with Gasteiger partial charge in [-0.2, -0.15) is 5.10 Å². The van der Waals surface area contributed by atoms with Crippen LogP contribution in [0.4, 0.5) is 5.95 Å². The summed E-state index contributed by atoms with van der Waals surface area (Å²) < 4.78 is 10.3. The molecule has 0 aromatic carbocycles. The maximum Gasteiger partial charge on any atom is 0.257 e. The van der Waals surface area contributed by atoms with Crippen molar-refractivity contribution < 1.29 is 14.3 Å². The predicted molar refractivity (Wildman–Crippen MR) is 90.2 cm³/mol. The Morgan fingerprint density at radius 2 is 2.08 bits per heavy atom. The summed E-state index contributed by atoms with van der Waals surface area (Å²) in [4.78, 5) is 24.8. The lowest BCUT2D eigenvalue weighted by atomic mass is 10.3. The van der Waals surface area contributed by atoms with E-state index in [9.17, 15) is 4.79 Å². The van der Waals surface area contributed by atoms with E-state index >= 15 is 0 Å². The average molecular weight is 346 g/mol. The Bertz CT molecular complexity index is 696. The largest absolute Gasteiger partial charge is 0.378 e. The highest BCUT2D eigenvalue weighted by Gasteiger charge is 2.17. The van der Waals surface area contributed by atoms with E-state index in [1.54, 1.807) is 31.5 Å². The smallest absolute Gasteiger partial charge is 0.257 e. The molecule has 2 aromatic rings. The summed E-state index contributed by atoms with van der Waals surface area (Å²) in [6.07, 6.45) is 3.14. The first kappa shape index (κ1) is 17.3. The van der Waals surface area contributed by atoms with E-state index in [1.807, 2.05) is 11.0 Å². The van der Waals surface area contributed by atoms with Crippen LogP contribution in [0.15, 0.2) is 18.5 Å². The molecular formula is C16H22N6O3. The summed E-state index contributed by atoms with van der Waals surface area (Å²) in [5, 5.41) is 7.03. The quantitative estimate of drug-likeness (QED) is 0.811. The highest BCUT2D eigenvalue weighted by atomic mass is 16.5. The van der Waals surface area contributed by atoms with Gasteiger partial charge in [0, 0.05) is 39.6 Å². The van der Waals surface area contributed by atoms with Gasteiger partial charge < -0.3 is 19.3 Å². The Labute approximate surface area is 146 Å². The van der Waals surface area contributed by atoms with E-state index < -0.39 is 0 Å². The van der Waals surface area contributed by atoms with Crippen LogP contribution in [0.5, 0.6) is 0 Å². The number of amides is 1. The van der Waals surface area contributed by atoms with Gasteiger partial charge in [-0.1, -0.05) is 0 Å². The highest BCUT2D eigenvalue weighted by molar-refractivity contribution is 5.93. The monoisotopic (exact) mass is 346 g/mol. The summed E-state index contributed by atoms with van der Waals surface area (Å²) in [5.74, 6) is 0.483. The molecule has 0 spiro atoms. The topological polar surface area (TPSA) is 96.5 Å². The number of nitrogens with zero attached hydrogens (tertiary/aromatic N) is 5. The van der Waals surface area contributed by atoms with E-state index in [0.29, 0.717) is 37.9 Å². The number of rotatable bonds is 6. The van der Waals surface area contributed by atoms with Crippen LogP contribution in [0.25, 0.3) is 0 Å². The van der Waals surface area contributed by atoms with Crippen LogP contribution in [-0.2, 0) is 22.6 Å². The van der Waals surface area contributed by atoms with Crippen LogP contribution in [0.2, 0.25) is 0 Å². The van der Waals surface area contributed by atoms with Gasteiger partial charge in [0.1, 0.15) is 0 Å². The third-order valence-corrected chi connectivity index (χ3v) is 3.91. The van der Waals surface area contributed by atoms with Gasteiger partial charge in [0.2, 0.25) is 5.95 Å². The molecule has 25 heavy (non-hydrogen) atoms. The minimum Gasteiger partial charge on any atom is -0.378 e. The number of morpholine rings is 1. The molecule has 0 saturated carbocycles. The fourth-order valence-corrected chi connectivity index (χ4v) is 2.62. The Morgan fingerprint density at radius 3 is 2.76 bits per heavy atom. The van der Waals surface area contributed by atoms with Crippen LogP contribution >= 0.6 is 0 Å². The molecule has 9 nitrogen and oxygen atoms in total. The number of H-pyrrole nitrogens is 1. The molecule has 1 fully saturated rings. The molecule has 134 valence electrons. The molecule has 0 unspecified atom stereocenters. The zero-order valence-electron chi connectivity index (χ0n) is 14.4. The summed E-state index contributed by atoms with van der Waals surface area (Å²) in [5.41, 5.74) is 2.10. The minimum absolute atomic E-state index is 0.142. The number of aromatic amines is 1. The molecule has 1 N–H and O–H groups in total. The van der Waals surface area contributed by atoms with Gasteiger partial charge in [-0.05, 0) is 6.07 Å². The van der Waals surface area contributed by atoms with Crippen molar-refractivity contribution in [1.82, 2.24) is 25.1 Å². The molecule has 2 aromatic heterocycles. The second-order valence-electron chi connectivity index (χ2n) is 5.85. The number of anilines is 1. The number of methoxy groups -OCH3 is 1. The number of carbonyl (C=O) groups excluding carboxylic acids is 1. The molecule has 0 aliphatic carbocycles. The normalized spacial score (nSPS) is 14.6. The van der Waals surface area contributed by atoms with Crippen molar-refractivity contribution in [1.29, 1.82) is 0 Å². The van der Waals surface area contributed by atoms with Crippen LogP contribution in [0, 0.1) is 0 Å². The number of nitrogens with one attached hydrogen (secondary N) is 1. The van der Waals surface area contributed by atoms with Crippen molar-refractivity contribution in [3.8, 4) is 0 Å². The van der Waals surface area contributed by atoms with Gasteiger partial charge in [-0.25, -0.2) is 9.97 Å². The molecule has 3 heterocycles. The Hall–Kier alpha value is -2.52. The molecule has 1 aliphatic rings. The van der Waals surface area contributed by atoms with Crippen molar-refractivity contribution in [2.45, 2.75) is 13.2 Å². The standard InChI is InChI=1S/C16H22N6O3/c1-21(10-13-7-14(11-24-2)20-19-13)15(23)12-8-17-16(18-9-12)22-3-5-25-6-4-22/h7-9H,3-6,10-11H2,1-2H3,(H,19,20). The van der Waals surface area contributed by atoms with E-state index in [4.69, 9.17) is 9.47 Å². The van der Waals surface area contributed by atoms with Gasteiger partial charge in [-0.15, -0.1) is 0 Å². The fourth-order valence-electron chi connectivity index (χ4n) is 2.62. The van der Waals surface area contributed by atoms with Gasteiger partial charge >= 0.3 is 0 Å². The van der Waals surface area contributed by atoms with Crippen molar-refractivity contribution in [2.24, 2.45) is 0 Å². The maximum atomic E-state index is 12.5. The first-order valence-electron chi connectivity index (χ1n) is 8.09. The SMILES string of the molecule is COCc1cc(CN(C)C(=O)c2cnc(N3CCOCC3)nc2)[nH]n1. The minimum atomic E-state index is -0.142. The first-order valence-corrected chi connectivity index (χ1v) is 8.09. The second-order valence-corrected chi connectivity index (χ2v) is 5.85. The fraction of sp³-hybridized carbons (Fsp3) is 0.500. The lowest BCUT2D eigenvalue weighted by molar-refractivity contribution is 0.0782. The molecule has 3 rings (SSSR count). The molecule has 1 aliphatic heterocycles. The molecule has 0 bridgehead atoms. The van der Waals surface area contributed by atoms with Crippen LogP contribution in [0.1, 0.15) is 21.7 Å². The maximum absolute atomic E-state index is 12.5. The van der Waals surface area contributed by atoms with Crippen molar-refractivity contribution in [3.63, 3.8) is 0 Å². The number of aromatic nitrogens is 4. The van der Waals surface area contributed by atoms with Crippen molar-refractivity contribution >= 4 is 11.9 Å². The third-order valence-electron chi connectivity index (χ3n) is 3.91. The number of carbonyl (C=O) groups is 1. The zero-order chi connectivity index (χ0) is 17.6. The average Bonchev–Trinajstić information content (AvgIpc) is 3.09. The highest BCUT2D eigenvalue weighted by Crippen LogP contribution is 2.11. The van der Waals surface area contributed by atoms with Crippen LogP contribution in [-0.4, -0.2) is 71.4 Å². The zero-order valence-corrected chi connectivity index (χ0v) is 14.4. The Balaban J connectivity index is 1.61. The third kappa shape index (κ3) is 4.31. The van der Waals surface area contributed by atoms with E-state index in [1.165, 1.54) is 0 Å². The Morgan fingerprint density at radius 1 is 1.36 bits per heavy atom. The molecule has 0 atom stereocenters. The molecule has 1 amide bonds. The summed E-state index contributed by atoms with van der Waals surface area (Å²) >= 11 is 0. The van der Waals surface area contributed by atoms with Gasteiger partial charge in [0.05, 0.1) is 43.3 Å². The summed E-state index contributed by atoms with van der Waals surface area (Å²) in [6, 6.07) is 1.88. The number of ether oxygens (including phenoxy) is 2. The number of hydrogen-bond acceptors (Lipinski definition) is 7. The Kier molecular flexibility index (Phi) is 5.56. The predicted octanol–water partition coefficient (Wildman–Crippen LogP) is 0.455. The van der Waals surface area contributed by atoms with Crippen molar-refractivity contribution in [2.75, 3.05) is 45.4 Å². The van der Waals surface area contributed by atoms with Crippen LogP contribution in [0.3, 0.4) is 0 Å². The van der Waals surface area contributed by atoms with Gasteiger partial charge in [-0.3, -0.25) is 9.89 Å². The molecule has 0 radical (unpaired) electrons. The van der Waals surface area contributed by atoms with E-state index in [-0.39, 0.29) is 5.91 Å². The van der Waals surface area contributed by atoms with Gasteiger partial charge in [0.15, 0.2) is 0 Å². The van der Waals surface area contributed by atoms with Crippen LogP contribution < -0.4 is 4.90 Å². The van der Waals surface area contributed by atoms with E-state index in [2.05, 4.69) is 20.2 Å². The summed E-state index contributed by atoms with van der Waals surface area (Å²) in [6.45, 7) is 3.71. The lowest BCUT2D eigenvalue weighted by Crippen LogP contribution is -2.37. The van der Waals surface area contributed by atoms with Gasteiger partial charge in [0.25, 0.3) is 5.91 Å².